The van der Waals surface area contributed by atoms with E-state index in [1.54, 1.807) is 30.3 Å². The average molecular weight is 453 g/mol. The molecule has 0 fully saturated rings. The van der Waals surface area contributed by atoms with Gasteiger partial charge < -0.3 is 10.2 Å². The van der Waals surface area contributed by atoms with Crippen LogP contribution < -0.4 is 5.32 Å². The molecule has 0 radical (unpaired) electrons. The standard InChI is InChI=1S/C23H27Cl2FN2O2/c1-4-21(23(30)27-13-15(2)3)28(14-16-8-10-17(24)11-9-16)22(29)12-18-19(25)6-5-7-20(18)26/h5-11,15,21H,4,12-14H2,1-3H3,(H,27,30)/t21-/m1/s1. The molecular weight excluding hydrogens is 426 g/mol. The molecule has 1 N–H and O–H groups in total. The first-order valence-electron chi connectivity index (χ1n) is 9.97. The molecule has 0 aliphatic heterocycles. The number of hydrogen-bond donors (Lipinski definition) is 1. The maximum atomic E-state index is 14.2. The van der Waals surface area contributed by atoms with E-state index in [1.165, 1.54) is 17.0 Å². The predicted molar refractivity (Wildman–Crippen MR) is 119 cm³/mol. The molecule has 0 heterocycles. The van der Waals surface area contributed by atoms with E-state index in [0.717, 1.165) is 5.56 Å². The third-order valence-electron chi connectivity index (χ3n) is 4.73. The van der Waals surface area contributed by atoms with Gasteiger partial charge in [0, 0.05) is 28.7 Å². The second-order valence-electron chi connectivity index (χ2n) is 7.59. The molecule has 30 heavy (non-hydrogen) atoms. The summed E-state index contributed by atoms with van der Waals surface area (Å²) in [6.07, 6.45) is 0.196. The van der Waals surface area contributed by atoms with Crippen molar-refractivity contribution in [3.8, 4) is 0 Å². The van der Waals surface area contributed by atoms with Gasteiger partial charge in [-0.1, -0.05) is 62.2 Å². The van der Waals surface area contributed by atoms with Crippen LogP contribution in [0, 0.1) is 11.7 Å². The van der Waals surface area contributed by atoms with Gasteiger partial charge in [-0.15, -0.1) is 0 Å². The summed E-state index contributed by atoms with van der Waals surface area (Å²) in [5.41, 5.74) is 0.949. The zero-order chi connectivity index (χ0) is 22.3. The molecular formula is C23H27Cl2FN2O2. The number of benzene rings is 2. The summed E-state index contributed by atoms with van der Waals surface area (Å²) >= 11 is 12.1. The van der Waals surface area contributed by atoms with Gasteiger partial charge in [-0.3, -0.25) is 9.59 Å². The molecule has 7 heteroatoms. The van der Waals surface area contributed by atoms with E-state index in [9.17, 15) is 14.0 Å². The fourth-order valence-electron chi connectivity index (χ4n) is 3.08. The lowest BCUT2D eigenvalue weighted by Crippen LogP contribution is -2.50. The van der Waals surface area contributed by atoms with Gasteiger partial charge in [-0.05, 0) is 42.2 Å². The zero-order valence-corrected chi connectivity index (χ0v) is 18.9. The van der Waals surface area contributed by atoms with E-state index in [2.05, 4.69) is 5.32 Å². The summed E-state index contributed by atoms with van der Waals surface area (Å²) in [7, 11) is 0. The molecule has 0 aliphatic carbocycles. The Morgan fingerprint density at radius 3 is 2.33 bits per heavy atom. The van der Waals surface area contributed by atoms with E-state index in [-0.39, 0.29) is 41.3 Å². The van der Waals surface area contributed by atoms with E-state index in [0.29, 0.717) is 18.0 Å². The molecule has 4 nitrogen and oxygen atoms in total. The minimum absolute atomic E-state index is 0.128. The van der Waals surface area contributed by atoms with Crippen LogP contribution in [0.15, 0.2) is 42.5 Å². The van der Waals surface area contributed by atoms with Crippen molar-refractivity contribution in [3.05, 3.63) is 69.5 Å². The van der Waals surface area contributed by atoms with Gasteiger partial charge in [0.1, 0.15) is 11.9 Å². The third kappa shape index (κ3) is 6.71. The molecule has 2 aromatic carbocycles. The molecule has 0 spiro atoms. The van der Waals surface area contributed by atoms with Crippen molar-refractivity contribution >= 4 is 35.0 Å². The van der Waals surface area contributed by atoms with E-state index < -0.39 is 11.9 Å². The predicted octanol–water partition coefficient (Wildman–Crippen LogP) is 5.25. The Kier molecular flexibility index (Phi) is 9.12. The second kappa shape index (κ2) is 11.3. The number of hydrogen-bond acceptors (Lipinski definition) is 2. The Morgan fingerprint density at radius 1 is 1.10 bits per heavy atom. The Bertz CT molecular complexity index is 852. The number of nitrogens with zero attached hydrogens (tertiary/aromatic N) is 1. The molecule has 162 valence electrons. The Morgan fingerprint density at radius 2 is 1.77 bits per heavy atom. The lowest BCUT2D eigenvalue weighted by atomic mass is 10.1. The Labute approximate surface area is 187 Å². The van der Waals surface area contributed by atoms with Gasteiger partial charge in [0.15, 0.2) is 0 Å². The average Bonchev–Trinajstić information content (AvgIpc) is 2.70. The maximum absolute atomic E-state index is 14.2. The molecule has 0 saturated heterocycles. The molecule has 0 bridgehead atoms. The van der Waals surface area contributed by atoms with Crippen LogP contribution in [-0.4, -0.2) is 29.3 Å². The topological polar surface area (TPSA) is 49.4 Å². The first-order chi connectivity index (χ1) is 14.2. The summed E-state index contributed by atoms with van der Waals surface area (Å²) in [6.45, 7) is 6.56. The highest BCUT2D eigenvalue weighted by atomic mass is 35.5. The minimum Gasteiger partial charge on any atom is -0.354 e. The highest BCUT2D eigenvalue weighted by molar-refractivity contribution is 6.31. The number of carbonyl (C=O) groups is 2. The van der Waals surface area contributed by atoms with Crippen molar-refractivity contribution in [2.75, 3.05) is 6.54 Å². The van der Waals surface area contributed by atoms with Crippen LogP contribution in [0.4, 0.5) is 4.39 Å². The van der Waals surface area contributed by atoms with Gasteiger partial charge in [-0.25, -0.2) is 4.39 Å². The van der Waals surface area contributed by atoms with Gasteiger partial charge in [0.05, 0.1) is 6.42 Å². The molecule has 0 aliphatic rings. The molecule has 0 saturated carbocycles. The quantitative estimate of drug-likeness (QED) is 0.564. The number of nitrogens with one attached hydrogen (secondary N) is 1. The van der Waals surface area contributed by atoms with E-state index in [1.807, 2.05) is 20.8 Å². The monoisotopic (exact) mass is 452 g/mol. The number of amides is 2. The Balaban J connectivity index is 2.32. The van der Waals surface area contributed by atoms with Crippen molar-refractivity contribution < 1.29 is 14.0 Å². The fraction of sp³-hybridized carbons (Fsp3) is 0.391. The summed E-state index contributed by atoms with van der Waals surface area (Å²) in [6, 6.07) is 10.7. The van der Waals surface area contributed by atoms with E-state index in [4.69, 9.17) is 23.2 Å². The van der Waals surface area contributed by atoms with Crippen LogP contribution in [0.2, 0.25) is 10.0 Å². The SMILES string of the molecule is CC[C@H](C(=O)NCC(C)C)N(Cc1ccc(Cl)cc1)C(=O)Cc1c(F)cccc1Cl. The van der Waals surface area contributed by atoms with Crippen LogP contribution in [0.25, 0.3) is 0 Å². The molecule has 2 aromatic rings. The molecule has 2 rings (SSSR count). The highest BCUT2D eigenvalue weighted by Gasteiger charge is 2.29. The lowest BCUT2D eigenvalue weighted by Gasteiger charge is -2.31. The molecule has 2 amide bonds. The second-order valence-corrected chi connectivity index (χ2v) is 8.43. The minimum atomic E-state index is -0.683. The Hall–Kier alpha value is -2.11. The van der Waals surface area contributed by atoms with Crippen molar-refractivity contribution in [2.45, 2.75) is 46.2 Å². The van der Waals surface area contributed by atoms with Crippen LogP contribution in [-0.2, 0) is 22.6 Å². The van der Waals surface area contributed by atoms with Gasteiger partial charge in [0.2, 0.25) is 11.8 Å². The van der Waals surface area contributed by atoms with Gasteiger partial charge in [-0.2, -0.15) is 0 Å². The smallest absolute Gasteiger partial charge is 0.242 e. The van der Waals surface area contributed by atoms with Crippen LogP contribution in [0.5, 0.6) is 0 Å². The van der Waals surface area contributed by atoms with Crippen LogP contribution in [0.3, 0.4) is 0 Å². The molecule has 0 aromatic heterocycles. The van der Waals surface area contributed by atoms with Crippen molar-refractivity contribution in [1.82, 2.24) is 10.2 Å². The van der Waals surface area contributed by atoms with Crippen LogP contribution in [0.1, 0.15) is 38.3 Å². The molecule has 0 unspecified atom stereocenters. The molecule has 1 atom stereocenters. The number of carbonyl (C=O) groups excluding carboxylic acids is 2. The summed E-state index contributed by atoms with van der Waals surface area (Å²) in [5.74, 6) is -0.861. The first-order valence-corrected chi connectivity index (χ1v) is 10.7. The van der Waals surface area contributed by atoms with Gasteiger partial charge in [0.25, 0.3) is 0 Å². The van der Waals surface area contributed by atoms with Crippen molar-refractivity contribution in [2.24, 2.45) is 5.92 Å². The fourth-order valence-corrected chi connectivity index (χ4v) is 3.44. The van der Waals surface area contributed by atoms with Crippen molar-refractivity contribution in [3.63, 3.8) is 0 Å². The first kappa shape index (κ1) is 24.2. The van der Waals surface area contributed by atoms with E-state index >= 15 is 0 Å². The van der Waals surface area contributed by atoms with Crippen molar-refractivity contribution in [1.29, 1.82) is 0 Å². The number of halogens is 3. The third-order valence-corrected chi connectivity index (χ3v) is 5.33. The normalized spacial score (nSPS) is 12.0. The summed E-state index contributed by atoms with van der Waals surface area (Å²) < 4.78 is 14.2. The summed E-state index contributed by atoms with van der Waals surface area (Å²) in [4.78, 5) is 27.5. The van der Waals surface area contributed by atoms with Gasteiger partial charge >= 0.3 is 0 Å². The zero-order valence-electron chi connectivity index (χ0n) is 17.4. The number of rotatable bonds is 9. The largest absolute Gasteiger partial charge is 0.354 e. The maximum Gasteiger partial charge on any atom is 0.242 e. The lowest BCUT2D eigenvalue weighted by molar-refractivity contribution is -0.141. The van der Waals surface area contributed by atoms with Crippen LogP contribution >= 0.6 is 23.2 Å². The summed E-state index contributed by atoms with van der Waals surface area (Å²) in [5, 5.41) is 3.66. The highest BCUT2D eigenvalue weighted by Crippen LogP contribution is 2.22.